The molecule has 5 heteroatoms. The van der Waals surface area contributed by atoms with Crippen molar-refractivity contribution in [2.24, 2.45) is 5.41 Å². The number of aliphatic hydroxyl groups is 1. The van der Waals surface area contributed by atoms with E-state index in [1.165, 1.54) is 12.1 Å². The van der Waals surface area contributed by atoms with Crippen LogP contribution in [0.4, 0.5) is 13.2 Å². The van der Waals surface area contributed by atoms with E-state index in [2.05, 4.69) is 4.98 Å². The van der Waals surface area contributed by atoms with Crippen LogP contribution >= 0.6 is 0 Å². The highest BCUT2D eigenvalue weighted by molar-refractivity contribution is 5.25. The number of aromatic nitrogens is 1. The summed E-state index contributed by atoms with van der Waals surface area (Å²) in [4.78, 5) is 4.25. The number of pyridine rings is 1. The molecule has 2 nitrogen and oxygen atoms in total. The fraction of sp³-hybridized carbons (Fsp3) is 0.421. The molecule has 0 saturated heterocycles. The fourth-order valence-corrected chi connectivity index (χ4v) is 3.40. The molecule has 128 valence electrons. The van der Waals surface area contributed by atoms with E-state index in [1.807, 2.05) is 18.2 Å². The molecule has 1 fully saturated rings. The minimum absolute atomic E-state index is 0.211. The fourth-order valence-electron chi connectivity index (χ4n) is 3.40. The van der Waals surface area contributed by atoms with E-state index in [-0.39, 0.29) is 5.41 Å². The maximum atomic E-state index is 12.6. The predicted molar refractivity (Wildman–Crippen MR) is 85.2 cm³/mol. The van der Waals surface area contributed by atoms with E-state index in [0.29, 0.717) is 12.1 Å². The molecule has 0 aliphatic heterocycles. The standard InChI is InChI=1S/C19H20F3NO/c20-19(21,22)15-7-5-14(6-8-15)9-12-18(10-3-11-18)17(24)16-4-1-2-13-23-16/h1-2,4-8,13,17,24H,3,9-12H2. The Bertz CT molecular complexity index is 663. The van der Waals surface area contributed by atoms with Crippen molar-refractivity contribution in [3.05, 3.63) is 65.5 Å². The van der Waals surface area contributed by atoms with Crippen LogP contribution in [0, 0.1) is 5.41 Å². The van der Waals surface area contributed by atoms with E-state index in [1.54, 1.807) is 6.20 Å². The maximum absolute atomic E-state index is 12.6. The van der Waals surface area contributed by atoms with Gasteiger partial charge in [-0.2, -0.15) is 13.2 Å². The first-order valence-corrected chi connectivity index (χ1v) is 8.16. The van der Waals surface area contributed by atoms with E-state index in [9.17, 15) is 18.3 Å². The molecule has 1 aliphatic carbocycles. The van der Waals surface area contributed by atoms with Crippen molar-refractivity contribution >= 4 is 0 Å². The molecule has 1 N–H and O–H groups in total. The molecule has 24 heavy (non-hydrogen) atoms. The SMILES string of the molecule is OC(c1ccccn1)C1(CCc2ccc(C(F)(F)F)cc2)CCC1. The topological polar surface area (TPSA) is 33.1 Å². The number of hydrogen-bond donors (Lipinski definition) is 1. The van der Waals surface area contributed by atoms with Crippen molar-refractivity contribution in [1.82, 2.24) is 4.98 Å². The van der Waals surface area contributed by atoms with Crippen LogP contribution in [-0.4, -0.2) is 10.1 Å². The van der Waals surface area contributed by atoms with E-state index >= 15 is 0 Å². The quantitative estimate of drug-likeness (QED) is 0.840. The van der Waals surface area contributed by atoms with Crippen molar-refractivity contribution in [3.63, 3.8) is 0 Å². The molecular weight excluding hydrogens is 315 g/mol. The average molecular weight is 335 g/mol. The van der Waals surface area contributed by atoms with Crippen molar-refractivity contribution in [1.29, 1.82) is 0 Å². The highest BCUT2D eigenvalue weighted by atomic mass is 19.4. The van der Waals surface area contributed by atoms with Gasteiger partial charge in [0.2, 0.25) is 0 Å². The lowest BCUT2D eigenvalue weighted by molar-refractivity contribution is -0.137. The Morgan fingerprint density at radius 2 is 1.79 bits per heavy atom. The number of halogens is 3. The van der Waals surface area contributed by atoms with Gasteiger partial charge < -0.3 is 5.11 Å². The zero-order chi connectivity index (χ0) is 17.2. The number of aliphatic hydroxyl groups excluding tert-OH is 1. The summed E-state index contributed by atoms with van der Waals surface area (Å²) in [5, 5.41) is 10.7. The third-order valence-electron chi connectivity index (χ3n) is 5.09. The van der Waals surface area contributed by atoms with E-state index in [0.717, 1.165) is 43.4 Å². The van der Waals surface area contributed by atoms with Gasteiger partial charge in [0.05, 0.1) is 11.3 Å². The van der Waals surface area contributed by atoms with Gasteiger partial charge in [-0.25, -0.2) is 0 Å². The molecule has 1 saturated carbocycles. The van der Waals surface area contributed by atoms with Crippen LogP contribution in [0.3, 0.4) is 0 Å². The molecule has 1 heterocycles. The molecule has 0 radical (unpaired) electrons. The van der Waals surface area contributed by atoms with E-state index < -0.39 is 17.8 Å². The third-order valence-corrected chi connectivity index (χ3v) is 5.09. The summed E-state index contributed by atoms with van der Waals surface area (Å²) in [7, 11) is 0. The van der Waals surface area contributed by atoms with Crippen molar-refractivity contribution in [3.8, 4) is 0 Å². The lowest BCUT2D eigenvalue weighted by Gasteiger charge is -2.45. The smallest absolute Gasteiger partial charge is 0.386 e. The lowest BCUT2D eigenvalue weighted by Crippen LogP contribution is -2.37. The second-order valence-corrected chi connectivity index (χ2v) is 6.57. The summed E-state index contributed by atoms with van der Waals surface area (Å²) in [5.74, 6) is 0. The molecule has 1 aliphatic rings. The van der Waals surface area contributed by atoms with Crippen LogP contribution < -0.4 is 0 Å². The Hall–Kier alpha value is -1.88. The summed E-state index contributed by atoms with van der Waals surface area (Å²) in [6.07, 6.45) is 1.05. The van der Waals surface area contributed by atoms with Gasteiger partial charge in [0.25, 0.3) is 0 Å². The molecule has 3 rings (SSSR count). The molecular formula is C19H20F3NO. The van der Waals surface area contributed by atoms with Gasteiger partial charge >= 0.3 is 6.18 Å². The monoisotopic (exact) mass is 335 g/mol. The first-order valence-electron chi connectivity index (χ1n) is 8.16. The first-order chi connectivity index (χ1) is 11.4. The molecule has 1 aromatic heterocycles. The molecule has 0 amide bonds. The van der Waals surface area contributed by atoms with Gasteiger partial charge in [0, 0.05) is 11.6 Å². The van der Waals surface area contributed by atoms with Gasteiger partial charge in [-0.3, -0.25) is 4.98 Å². The average Bonchev–Trinajstić information content (AvgIpc) is 2.54. The van der Waals surface area contributed by atoms with Crippen LogP contribution in [0.15, 0.2) is 48.7 Å². The summed E-state index contributed by atoms with van der Waals surface area (Å²) >= 11 is 0. The van der Waals surface area contributed by atoms with Gasteiger partial charge in [0.1, 0.15) is 6.10 Å². The van der Waals surface area contributed by atoms with Crippen LogP contribution in [0.1, 0.15) is 48.6 Å². The molecule has 0 bridgehead atoms. The minimum Gasteiger partial charge on any atom is -0.386 e. The van der Waals surface area contributed by atoms with Crippen LogP contribution in [0.25, 0.3) is 0 Å². The lowest BCUT2D eigenvalue weighted by atomic mass is 9.61. The van der Waals surface area contributed by atoms with Crippen molar-refractivity contribution < 1.29 is 18.3 Å². The first kappa shape index (κ1) is 17.0. The normalized spacial score (nSPS) is 18.0. The second-order valence-electron chi connectivity index (χ2n) is 6.57. The Balaban J connectivity index is 1.68. The Labute approximate surface area is 139 Å². The van der Waals surface area contributed by atoms with Gasteiger partial charge in [0.15, 0.2) is 0 Å². The Morgan fingerprint density at radius 3 is 2.29 bits per heavy atom. The number of benzene rings is 1. The highest BCUT2D eigenvalue weighted by Gasteiger charge is 2.44. The Kier molecular flexibility index (Phi) is 4.63. The number of hydrogen-bond acceptors (Lipinski definition) is 2. The second kappa shape index (κ2) is 6.55. The molecule has 1 unspecified atom stereocenters. The summed E-state index contributed by atoms with van der Waals surface area (Å²) in [6, 6.07) is 10.8. The molecule has 1 aromatic carbocycles. The molecule has 2 aromatic rings. The highest BCUT2D eigenvalue weighted by Crippen LogP contribution is 2.53. The number of rotatable bonds is 5. The summed E-state index contributed by atoms with van der Waals surface area (Å²) in [5.41, 5.74) is 0.696. The zero-order valence-corrected chi connectivity index (χ0v) is 13.3. The summed E-state index contributed by atoms with van der Waals surface area (Å²) in [6.45, 7) is 0. The van der Waals surface area contributed by atoms with Crippen molar-refractivity contribution in [2.75, 3.05) is 0 Å². The van der Waals surface area contributed by atoms with Gasteiger partial charge in [-0.05, 0) is 55.5 Å². The zero-order valence-electron chi connectivity index (χ0n) is 13.3. The van der Waals surface area contributed by atoms with Crippen LogP contribution in [0.2, 0.25) is 0 Å². The molecule has 0 spiro atoms. The molecule has 1 atom stereocenters. The number of nitrogens with zero attached hydrogens (tertiary/aromatic N) is 1. The number of alkyl halides is 3. The number of aryl methyl sites for hydroxylation is 1. The van der Waals surface area contributed by atoms with Crippen molar-refractivity contribution in [2.45, 2.75) is 44.4 Å². The largest absolute Gasteiger partial charge is 0.416 e. The van der Waals surface area contributed by atoms with Gasteiger partial charge in [-0.15, -0.1) is 0 Å². The summed E-state index contributed by atoms with van der Waals surface area (Å²) < 4.78 is 37.8. The van der Waals surface area contributed by atoms with Crippen LogP contribution in [-0.2, 0) is 12.6 Å². The predicted octanol–water partition coefficient (Wildman–Crippen LogP) is 4.94. The maximum Gasteiger partial charge on any atom is 0.416 e. The van der Waals surface area contributed by atoms with Gasteiger partial charge in [-0.1, -0.05) is 24.6 Å². The third kappa shape index (κ3) is 3.46. The van der Waals surface area contributed by atoms with E-state index in [4.69, 9.17) is 0 Å². The Morgan fingerprint density at radius 1 is 1.08 bits per heavy atom. The minimum atomic E-state index is -4.30. The van der Waals surface area contributed by atoms with Crippen LogP contribution in [0.5, 0.6) is 0 Å².